The van der Waals surface area contributed by atoms with E-state index in [1.807, 2.05) is 0 Å². The molecule has 6 heteroatoms. The van der Waals surface area contributed by atoms with Crippen LogP contribution in [0.25, 0.3) is 0 Å². The normalized spacial score (nSPS) is 14.8. The average Bonchev–Trinajstić information content (AvgIpc) is 2.56. The van der Waals surface area contributed by atoms with Gasteiger partial charge in [0.25, 0.3) is 0 Å². The second kappa shape index (κ2) is 6.15. The van der Waals surface area contributed by atoms with Crippen LogP contribution < -0.4 is 0 Å². The van der Waals surface area contributed by atoms with Gasteiger partial charge in [-0.2, -0.15) is 13.2 Å². The molecule has 128 valence electrons. The summed E-state index contributed by atoms with van der Waals surface area (Å²) >= 11 is 5.91. The monoisotopic (exact) mass is 364 g/mol. The number of carbonyl (C=O) groups is 2. The predicted molar refractivity (Wildman–Crippen MR) is 88.0 cm³/mol. The number of hydrogen-bond donors (Lipinski definition) is 0. The summed E-state index contributed by atoms with van der Waals surface area (Å²) in [5.74, 6) is -0.595. The Kier molecular flexibility index (Phi) is 4.29. The number of alkyl halides is 3. The first-order valence-electron chi connectivity index (χ1n) is 7.43. The fourth-order valence-corrected chi connectivity index (χ4v) is 2.97. The third kappa shape index (κ3) is 3.24. The van der Waals surface area contributed by atoms with Gasteiger partial charge >= 0.3 is 6.18 Å². The summed E-state index contributed by atoms with van der Waals surface area (Å²) < 4.78 is 37.9. The molecule has 0 spiro atoms. The SMILES string of the molecule is CC1=C(Cc2ccc(C(F)(F)F)cc2)C(=O)c2cc(Cl)ccc2C1=O. The number of hydrogen-bond acceptors (Lipinski definition) is 2. The molecule has 0 aromatic heterocycles. The van der Waals surface area contributed by atoms with Crippen molar-refractivity contribution in [2.75, 3.05) is 0 Å². The quantitative estimate of drug-likeness (QED) is 0.725. The van der Waals surface area contributed by atoms with Crippen molar-refractivity contribution >= 4 is 23.2 Å². The zero-order valence-electron chi connectivity index (χ0n) is 13.1. The molecular weight excluding hydrogens is 353 g/mol. The Morgan fingerprint density at radius 1 is 0.920 bits per heavy atom. The highest BCUT2D eigenvalue weighted by Gasteiger charge is 2.31. The van der Waals surface area contributed by atoms with E-state index in [4.69, 9.17) is 11.6 Å². The topological polar surface area (TPSA) is 34.1 Å². The number of rotatable bonds is 2. The molecule has 0 N–H and O–H groups in total. The van der Waals surface area contributed by atoms with Gasteiger partial charge in [-0.25, -0.2) is 0 Å². The molecule has 3 rings (SSSR count). The fourth-order valence-electron chi connectivity index (χ4n) is 2.80. The highest BCUT2D eigenvalue weighted by molar-refractivity contribution is 6.33. The summed E-state index contributed by atoms with van der Waals surface area (Å²) in [5.41, 5.74) is 0.867. The molecule has 0 saturated carbocycles. The van der Waals surface area contributed by atoms with Gasteiger partial charge in [0.1, 0.15) is 0 Å². The molecule has 0 heterocycles. The third-order valence-corrected chi connectivity index (χ3v) is 4.44. The van der Waals surface area contributed by atoms with Crippen molar-refractivity contribution in [3.05, 3.63) is 80.9 Å². The van der Waals surface area contributed by atoms with Crippen LogP contribution in [0.4, 0.5) is 13.2 Å². The maximum atomic E-state index is 12.7. The molecule has 0 fully saturated rings. The van der Waals surface area contributed by atoms with Crippen LogP contribution in [-0.2, 0) is 12.6 Å². The van der Waals surface area contributed by atoms with Crippen LogP contribution in [0, 0.1) is 0 Å². The minimum Gasteiger partial charge on any atom is -0.289 e. The van der Waals surface area contributed by atoms with Crippen molar-refractivity contribution in [2.45, 2.75) is 19.5 Å². The second-order valence-corrected chi connectivity index (χ2v) is 6.26. The average molecular weight is 365 g/mol. The minimum atomic E-state index is -4.42. The van der Waals surface area contributed by atoms with Crippen molar-refractivity contribution in [3.8, 4) is 0 Å². The summed E-state index contributed by atoms with van der Waals surface area (Å²) in [6.45, 7) is 1.55. The molecule has 1 aliphatic carbocycles. The van der Waals surface area contributed by atoms with Crippen LogP contribution in [0.3, 0.4) is 0 Å². The lowest BCUT2D eigenvalue weighted by molar-refractivity contribution is -0.137. The van der Waals surface area contributed by atoms with E-state index in [1.54, 1.807) is 13.0 Å². The third-order valence-electron chi connectivity index (χ3n) is 4.20. The smallest absolute Gasteiger partial charge is 0.289 e. The Bertz CT molecular complexity index is 909. The first-order chi connectivity index (χ1) is 11.7. The molecule has 0 unspecified atom stereocenters. The van der Waals surface area contributed by atoms with Crippen molar-refractivity contribution in [3.63, 3.8) is 0 Å². The van der Waals surface area contributed by atoms with Gasteiger partial charge < -0.3 is 0 Å². The molecule has 0 saturated heterocycles. The molecule has 2 aromatic rings. The van der Waals surface area contributed by atoms with Crippen LogP contribution in [0.15, 0.2) is 53.6 Å². The summed E-state index contributed by atoms with van der Waals surface area (Å²) in [6, 6.07) is 9.05. The van der Waals surface area contributed by atoms with Gasteiger partial charge in [-0.1, -0.05) is 23.7 Å². The maximum absolute atomic E-state index is 12.7. The Hall–Kier alpha value is -2.40. The number of fused-ring (bicyclic) bond motifs is 1. The molecule has 25 heavy (non-hydrogen) atoms. The first-order valence-corrected chi connectivity index (χ1v) is 7.81. The Balaban J connectivity index is 1.96. The van der Waals surface area contributed by atoms with Gasteiger partial charge in [0.2, 0.25) is 0 Å². The van der Waals surface area contributed by atoms with E-state index in [1.165, 1.54) is 24.3 Å². The van der Waals surface area contributed by atoms with Gasteiger partial charge in [-0.15, -0.1) is 0 Å². The lowest BCUT2D eigenvalue weighted by atomic mass is 9.82. The van der Waals surface area contributed by atoms with E-state index in [2.05, 4.69) is 0 Å². The number of Topliss-reactive ketones (excluding diaryl/α,β-unsaturated/α-hetero) is 2. The Labute approximate surface area is 146 Å². The number of allylic oxidation sites excluding steroid dienone is 2. The van der Waals surface area contributed by atoms with Crippen LogP contribution in [0.5, 0.6) is 0 Å². The fraction of sp³-hybridized carbons (Fsp3) is 0.158. The number of benzene rings is 2. The zero-order valence-corrected chi connectivity index (χ0v) is 13.8. The molecule has 0 amide bonds. The van der Waals surface area contributed by atoms with Crippen molar-refractivity contribution in [2.24, 2.45) is 0 Å². The molecule has 1 aliphatic rings. The van der Waals surface area contributed by atoms with Gasteiger partial charge in [0.15, 0.2) is 11.6 Å². The zero-order chi connectivity index (χ0) is 18.4. The van der Waals surface area contributed by atoms with Crippen LogP contribution in [0.1, 0.15) is 38.8 Å². The van der Waals surface area contributed by atoms with Gasteiger partial charge in [-0.05, 0) is 42.8 Å². The van der Waals surface area contributed by atoms with Gasteiger partial charge in [0.05, 0.1) is 5.56 Å². The molecule has 0 radical (unpaired) electrons. The van der Waals surface area contributed by atoms with Gasteiger partial charge in [-0.3, -0.25) is 9.59 Å². The van der Waals surface area contributed by atoms with Gasteiger partial charge in [0, 0.05) is 33.7 Å². The number of halogens is 4. The standard InChI is InChI=1S/C19H12ClF3O2/c1-10-15(8-11-2-4-12(5-3-11)19(21,22)23)18(25)16-9-13(20)6-7-14(16)17(10)24/h2-7,9H,8H2,1H3. The van der Waals surface area contributed by atoms with E-state index in [9.17, 15) is 22.8 Å². The Morgan fingerprint density at radius 3 is 2.16 bits per heavy atom. The largest absolute Gasteiger partial charge is 0.416 e. The van der Waals surface area contributed by atoms with Crippen molar-refractivity contribution < 1.29 is 22.8 Å². The molecule has 2 nitrogen and oxygen atoms in total. The predicted octanol–water partition coefficient (Wildman–Crippen LogP) is 5.30. The molecule has 2 aromatic carbocycles. The van der Waals surface area contributed by atoms with Crippen molar-refractivity contribution in [1.29, 1.82) is 0 Å². The van der Waals surface area contributed by atoms with Crippen LogP contribution in [-0.4, -0.2) is 11.6 Å². The summed E-state index contributed by atoms with van der Waals surface area (Å²) in [6.07, 6.45) is -4.33. The molecule has 0 atom stereocenters. The highest BCUT2D eigenvalue weighted by Crippen LogP contribution is 2.32. The summed E-state index contributed by atoms with van der Waals surface area (Å²) in [5, 5.41) is 0.341. The Morgan fingerprint density at radius 2 is 1.56 bits per heavy atom. The van der Waals surface area contributed by atoms with E-state index in [0.717, 1.165) is 12.1 Å². The minimum absolute atomic E-state index is 0.0838. The second-order valence-electron chi connectivity index (χ2n) is 5.82. The van der Waals surface area contributed by atoms with Crippen LogP contribution in [0.2, 0.25) is 5.02 Å². The lowest BCUT2D eigenvalue weighted by Crippen LogP contribution is -2.22. The number of ketones is 2. The summed E-state index contributed by atoms with van der Waals surface area (Å²) in [4.78, 5) is 25.2. The van der Waals surface area contributed by atoms with E-state index in [-0.39, 0.29) is 29.1 Å². The molecule has 0 bridgehead atoms. The lowest BCUT2D eigenvalue weighted by Gasteiger charge is -2.19. The summed E-state index contributed by atoms with van der Waals surface area (Å²) in [7, 11) is 0. The van der Waals surface area contributed by atoms with E-state index in [0.29, 0.717) is 21.7 Å². The van der Waals surface area contributed by atoms with E-state index >= 15 is 0 Å². The van der Waals surface area contributed by atoms with E-state index < -0.39 is 11.7 Å². The van der Waals surface area contributed by atoms with Crippen LogP contribution >= 0.6 is 11.6 Å². The number of carbonyl (C=O) groups excluding carboxylic acids is 2. The molecular formula is C19H12ClF3O2. The van der Waals surface area contributed by atoms with Crippen molar-refractivity contribution in [1.82, 2.24) is 0 Å². The molecule has 0 aliphatic heterocycles. The maximum Gasteiger partial charge on any atom is 0.416 e. The highest BCUT2D eigenvalue weighted by atomic mass is 35.5. The first kappa shape index (κ1) is 17.4.